The topological polar surface area (TPSA) is 66.4 Å². The molecule has 2 aliphatic carbocycles. The van der Waals surface area contributed by atoms with Crippen LogP contribution in [0.25, 0.3) is 0 Å². The van der Waals surface area contributed by atoms with Crippen molar-refractivity contribution in [2.75, 3.05) is 6.61 Å². The number of Topliss-reactive ketones (excluding diaryl/α,β-unsaturated/α-hetero) is 1. The zero-order valence-electron chi connectivity index (χ0n) is 9.45. The molecule has 2 saturated carbocycles. The molecule has 0 radical (unpaired) electrons. The molecule has 0 saturated heterocycles. The monoisotopic (exact) mass is 243 g/mol. The Balaban J connectivity index is 2.34. The first kappa shape index (κ1) is 12.0. The minimum atomic E-state index is -2.56. The van der Waals surface area contributed by atoms with E-state index in [1.54, 1.807) is 0 Å². The number of hydrogen-bond acceptors (Lipinski definition) is 4. The first-order valence-electron chi connectivity index (χ1n) is 5.29. The maximum atomic E-state index is 12.1. The molecule has 0 amide bonds. The van der Waals surface area contributed by atoms with Crippen molar-refractivity contribution >= 4 is 17.1 Å². The molecule has 0 spiro atoms. The van der Waals surface area contributed by atoms with Crippen molar-refractivity contribution in [3.8, 4) is 0 Å². The summed E-state index contributed by atoms with van der Waals surface area (Å²) < 4.78 is 25.6. The third kappa shape index (κ3) is 1.28. The molecule has 2 bridgehead atoms. The molecule has 4 nitrogen and oxygen atoms in total. The highest BCUT2D eigenvalue weighted by Gasteiger charge is 2.66. The summed E-state index contributed by atoms with van der Waals surface area (Å²) in [7, 11) is 0. The Morgan fingerprint density at radius 3 is 2.69 bits per heavy atom. The van der Waals surface area contributed by atoms with E-state index in [4.69, 9.17) is 0 Å². The molecule has 2 aliphatic rings. The summed E-state index contributed by atoms with van der Waals surface area (Å²) >= 11 is -2.56. The second kappa shape index (κ2) is 3.48. The standard InChI is InChI=1S/C11H16O4S/c1-7-8-4-5-11(9(7)12,10(8,2)3)6-15-16(13)14/h8H,1,4-6H2,2-3H3,(H,13,14)/p-1. The van der Waals surface area contributed by atoms with Crippen LogP contribution in [-0.2, 0) is 20.3 Å². The van der Waals surface area contributed by atoms with Crippen LogP contribution in [0.4, 0.5) is 0 Å². The molecule has 90 valence electrons. The van der Waals surface area contributed by atoms with Crippen molar-refractivity contribution in [3.63, 3.8) is 0 Å². The normalized spacial score (nSPS) is 38.1. The Kier molecular flexibility index (Phi) is 2.60. The number of carbonyl (C=O) groups is 1. The summed E-state index contributed by atoms with van der Waals surface area (Å²) in [6.07, 6.45) is 1.59. The van der Waals surface area contributed by atoms with E-state index in [1.165, 1.54) is 0 Å². The van der Waals surface area contributed by atoms with Gasteiger partial charge in [0.25, 0.3) is 0 Å². The molecule has 0 aromatic rings. The van der Waals surface area contributed by atoms with Crippen LogP contribution in [0.1, 0.15) is 26.7 Å². The van der Waals surface area contributed by atoms with Crippen molar-refractivity contribution in [3.05, 3.63) is 12.2 Å². The molecular formula is C11H15O4S-. The Hall–Kier alpha value is -0.520. The van der Waals surface area contributed by atoms with Crippen LogP contribution in [0.3, 0.4) is 0 Å². The molecule has 0 aliphatic heterocycles. The van der Waals surface area contributed by atoms with Crippen LogP contribution in [0, 0.1) is 16.7 Å². The molecular weight excluding hydrogens is 228 g/mol. The van der Waals surface area contributed by atoms with Crippen molar-refractivity contribution < 1.29 is 17.7 Å². The van der Waals surface area contributed by atoms with E-state index in [0.29, 0.717) is 12.0 Å². The van der Waals surface area contributed by atoms with Gasteiger partial charge in [-0.2, -0.15) is 0 Å². The first-order valence-corrected chi connectivity index (χ1v) is 6.29. The van der Waals surface area contributed by atoms with E-state index in [9.17, 15) is 13.6 Å². The Labute approximate surface area is 97.5 Å². The minimum absolute atomic E-state index is 0.0146. The van der Waals surface area contributed by atoms with E-state index < -0.39 is 16.8 Å². The van der Waals surface area contributed by atoms with Crippen molar-refractivity contribution in [2.45, 2.75) is 26.7 Å². The number of rotatable bonds is 3. The summed E-state index contributed by atoms with van der Waals surface area (Å²) in [4.78, 5) is 12.1. The van der Waals surface area contributed by atoms with Gasteiger partial charge in [0.2, 0.25) is 0 Å². The van der Waals surface area contributed by atoms with E-state index >= 15 is 0 Å². The molecule has 2 fully saturated rings. The van der Waals surface area contributed by atoms with Crippen LogP contribution in [-0.4, -0.2) is 21.2 Å². The van der Waals surface area contributed by atoms with Gasteiger partial charge in [-0.1, -0.05) is 20.4 Å². The molecule has 5 heteroatoms. The van der Waals surface area contributed by atoms with Gasteiger partial charge in [-0.3, -0.25) is 8.98 Å². The lowest BCUT2D eigenvalue weighted by atomic mass is 9.69. The number of carbonyl (C=O) groups excluding carboxylic acids is 1. The molecule has 2 rings (SSSR count). The highest BCUT2D eigenvalue weighted by Crippen LogP contribution is 2.65. The lowest BCUT2D eigenvalue weighted by Gasteiger charge is -2.35. The third-order valence-electron chi connectivity index (χ3n) is 4.51. The van der Waals surface area contributed by atoms with Gasteiger partial charge in [-0.15, -0.1) is 0 Å². The van der Waals surface area contributed by atoms with Crippen LogP contribution >= 0.6 is 0 Å². The summed E-state index contributed by atoms with van der Waals surface area (Å²) in [6.45, 7) is 7.77. The van der Waals surface area contributed by atoms with Crippen LogP contribution in [0.2, 0.25) is 0 Å². The third-order valence-corrected chi connectivity index (χ3v) is 4.82. The molecule has 16 heavy (non-hydrogen) atoms. The zero-order valence-corrected chi connectivity index (χ0v) is 10.3. The summed E-state index contributed by atoms with van der Waals surface area (Å²) in [5.41, 5.74) is -0.299. The van der Waals surface area contributed by atoms with Gasteiger partial charge in [0, 0.05) is 0 Å². The van der Waals surface area contributed by atoms with E-state index in [2.05, 4.69) is 10.8 Å². The van der Waals surface area contributed by atoms with Gasteiger partial charge in [0.15, 0.2) is 5.78 Å². The molecule has 0 aromatic carbocycles. The Morgan fingerprint density at radius 2 is 2.25 bits per heavy atom. The minimum Gasteiger partial charge on any atom is -0.750 e. The van der Waals surface area contributed by atoms with Crippen LogP contribution < -0.4 is 0 Å². The average molecular weight is 243 g/mol. The Bertz CT molecular complexity index is 387. The van der Waals surface area contributed by atoms with E-state index in [0.717, 1.165) is 6.42 Å². The number of fused-ring (bicyclic) bond motifs is 2. The Morgan fingerprint density at radius 1 is 1.62 bits per heavy atom. The summed E-state index contributed by atoms with van der Waals surface area (Å²) in [5.74, 6) is 0.155. The first-order chi connectivity index (χ1) is 7.33. The fourth-order valence-electron chi connectivity index (χ4n) is 3.36. The van der Waals surface area contributed by atoms with Gasteiger partial charge in [-0.05, 0) is 29.7 Å². The SMILES string of the molecule is C=C1C(=O)C2(COS(=O)[O-])CCC1C2(C)C. The predicted octanol–water partition coefficient (Wildman–Crippen LogP) is 1.36. The van der Waals surface area contributed by atoms with Crippen LogP contribution in [0.5, 0.6) is 0 Å². The van der Waals surface area contributed by atoms with Gasteiger partial charge >= 0.3 is 0 Å². The largest absolute Gasteiger partial charge is 0.750 e. The number of ketones is 1. The number of allylic oxidation sites excluding steroid dienone is 1. The van der Waals surface area contributed by atoms with Gasteiger partial charge in [-0.25, -0.2) is 4.21 Å². The zero-order chi connectivity index (χ0) is 12.1. The van der Waals surface area contributed by atoms with Crippen molar-refractivity contribution in [1.82, 2.24) is 0 Å². The molecule has 3 unspecified atom stereocenters. The second-order valence-corrected chi connectivity index (χ2v) is 5.86. The lowest BCUT2D eigenvalue weighted by molar-refractivity contribution is -0.128. The van der Waals surface area contributed by atoms with Gasteiger partial charge in [0.05, 0.1) is 23.4 Å². The molecule has 3 atom stereocenters. The maximum absolute atomic E-state index is 12.1. The fourth-order valence-corrected chi connectivity index (χ4v) is 3.66. The quantitative estimate of drug-likeness (QED) is 0.554. The van der Waals surface area contributed by atoms with E-state index in [-0.39, 0.29) is 23.7 Å². The maximum Gasteiger partial charge on any atom is 0.167 e. The molecule has 0 heterocycles. The van der Waals surface area contributed by atoms with Gasteiger partial charge < -0.3 is 4.55 Å². The number of hydrogen-bond donors (Lipinski definition) is 0. The summed E-state index contributed by atoms with van der Waals surface area (Å²) in [5, 5.41) is 0. The average Bonchev–Trinajstić information content (AvgIpc) is 2.51. The fraction of sp³-hybridized carbons (Fsp3) is 0.727. The van der Waals surface area contributed by atoms with Crippen molar-refractivity contribution in [2.24, 2.45) is 16.7 Å². The predicted molar refractivity (Wildman–Crippen MR) is 58.0 cm³/mol. The highest BCUT2D eigenvalue weighted by molar-refractivity contribution is 7.74. The lowest BCUT2D eigenvalue weighted by Crippen LogP contribution is -2.40. The van der Waals surface area contributed by atoms with Crippen LogP contribution in [0.15, 0.2) is 12.2 Å². The van der Waals surface area contributed by atoms with E-state index in [1.807, 2.05) is 13.8 Å². The molecule has 0 aromatic heterocycles. The smallest absolute Gasteiger partial charge is 0.167 e. The van der Waals surface area contributed by atoms with Crippen molar-refractivity contribution in [1.29, 1.82) is 0 Å². The van der Waals surface area contributed by atoms with Gasteiger partial charge in [0.1, 0.15) is 0 Å². The molecule has 0 N–H and O–H groups in total. The second-order valence-electron chi connectivity index (χ2n) is 5.22. The summed E-state index contributed by atoms with van der Waals surface area (Å²) in [6, 6.07) is 0. The highest BCUT2D eigenvalue weighted by atomic mass is 32.2.